The summed E-state index contributed by atoms with van der Waals surface area (Å²) >= 11 is 1.52. The van der Waals surface area contributed by atoms with Gasteiger partial charge in [0.15, 0.2) is 11.6 Å². The van der Waals surface area contributed by atoms with Crippen LogP contribution in [0.2, 0.25) is 0 Å². The summed E-state index contributed by atoms with van der Waals surface area (Å²) in [6, 6.07) is 9.72. The number of nitrogen functional groups attached to an aromatic ring is 1. The molecule has 3 nitrogen and oxygen atoms in total. The average Bonchev–Trinajstić information content (AvgIpc) is 3.13. The lowest BCUT2D eigenvalue weighted by molar-refractivity contribution is 0.432. The normalized spacial score (nSPS) is 13.4. The number of allylic oxidation sites excluding steroid dienone is 1. The Kier molecular flexibility index (Phi) is 3.54. The summed E-state index contributed by atoms with van der Waals surface area (Å²) < 4.78 is 13.9. The van der Waals surface area contributed by atoms with Crippen LogP contribution >= 0.6 is 11.3 Å². The summed E-state index contributed by atoms with van der Waals surface area (Å²) in [5.74, 6) is -0.827. The van der Waals surface area contributed by atoms with Gasteiger partial charge < -0.3 is 15.9 Å². The van der Waals surface area contributed by atoms with E-state index in [9.17, 15) is 14.6 Å². The minimum atomic E-state index is -0.654. The second kappa shape index (κ2) is 5.63. The standard InChI is InChI=1S/C20H16FNO2S/c1-10-6-12(23)8-15-13(10)9-14(11-2-3-18(24)16(21)7-11)19(15)20-17(22)4-5-25-20/h2-8,23-24H,9,22H2,1H3. The number of phenols is 2. The summed E-state index contributed by atoms with van der Waals surface area (Å²) in [7, 11) is 0. The van der Waals surface area contributed by atoms with E-state index in [-0.39, 0.29) is 11.5 Å². The number of thiophene rings is 1. The van der Waals surface area contributed by atoms with Gasteiger partial charge in [-0.25, -0.2) is 4.39 Å². The predicted molar refractivity (Wildman–Crippen MR) is 99.3 cm³/mol. The lowest BCUT2D eigenvalue weighted by atomic mass is 9.98. The molecule has 0 saturated heterocycles. The Morgan fingerprint density at radius 1 is 1.12 bits per heavy atom. The van der Waals surface area contributed by atoms with Crippen molar-refractivity contribution in [1.82, 2.24) is 0 Å². The third-order valence-electron chi connectivity index (χ3n) is 4.60. The van der Waals surface area contributed by atoms with E-state index in [1.165, 1.54) is 23.5 Å². The molecule has 1 heterocycles. The summed E-state index contributed by atoms with van der Waals surface area (Å²) in [6.07, 6.45) is 0.623. The van der Waals surface area contributed by atoms with Crippen LogP contribution in [0.5, 0.6) is 11.5 Å². The highest BCUT2D eigenvalue weighted by atomic mass is 32.1. The van der Waals surface area contributed by atoms with Gasteiger partial charge in [-0.15, -0.1) is 11.3 Å². The predicted octanol–water partition coefficient (Wildman–Crippen LogP) is 4.70. The molecule has 126 valence electrons. The van der Waals surface area contributed by atoms with Gasteiger partial charge in [-0.1, -0.05) is 6.07 Å². The number of anilines is 1. The van der Waals surface area contributed by atoms with E-state index < -0.39 is 5.82 Å². The molecule has 5 heteroatoms. The summed E-state index contributed by atoms with van der Waals surface area (Å²) in [4.78, 5) is 0.909. The number of aryl methyl sites for hydroxylation is 1. The number of nitrogens with two attached hydrogens (primary N) is 1. The van der Waals surface area contributed by atoms with Crippen LogP contribution in [-0.4, -0.2) is 10.2 Å². The molecule has 0 aliphatic heterocycles. The summed E-state index contributed by atoms with van der Waals surface area (Å²) in [5.41, 5.74) is 12.4. The van der Waals surface area contributed by atoms with E-state index in [1.54, 1.807) is 18.2 Å². The van der Waals surface area contributed by atoms with Crippen molar-refractivity contribution in [3.8, 4) is 11.5 Å². The minimum Gasteiger partial charge on any atom is -0.508 e. The Bertz CT molecular complexity index is 1040. The van der Waals surface area contributed by atoms with E-state index in [2.05, 4.69) is 0 Å². The Hall–Kier alpha value is -2.79. The fourth-order valence-corrected chi connectivity index (χ4v) is 4.31. The number of phenolic OH excluding ortho intramolecular Hbond substituents is 2. The number of rotatable bonds is 2. The zero-order chi connectivity index (χ0) is 17.7. The molecule has 0 saturated carbocycles. The van der Waals surface area contributed by atoms with E-state index in [0.29, 0.717) is 17.7 Å². The number of fused-ring (bicyclic) bond motifs is 1. The molecule has 0 atom stereocenters. The molecule has 0 bridgehead atoms. The lowest BCUT2D eigenvalue weighted by Crippen LogP contribution is -1.92. The average molecular weight is 353 g/mol. The smallest absolute Gasteiger partial charge is 0.165 e. The van der Waals surface area contributed by atoms with Crippen LogP contribution in [0.25, 0.3) is 11.1 Å². The molecule has 25 heavy (non-hydrogen) atoms. The van der Waals surface area contributed by atoms with Gasteiger partial charge in [-0.3, -0.25) is 0 Å². The molecule has 0 radical (unpaired) electrons. The van der Waals surface area contributed by atoms with Gasteiger partial charge in [-0.2, -0.15) is 0 Å². The molecular formula is C20H16FNO2S. The Labute approximate surface area is 148 Å². The minimum absolute atomic E-state index is 0.196. The molecule has 0 amide bonds. The van der Waals surface area contributed by atoms with Crippen molar-refractivity contribution in [2.24, 2.45) is 0 Å². The molecular weight excluding hydrogens is 337 g/mol. The first-order valence-electron chi connectivity index (χ1n) is 7.84. The van der Waals surface area contributed by atoms with Crippen molar-refractivity contribution in [2.75, 3.05) is 5.73 Å². The summed E-state index contributed by atoms with van der Waals surface area (Å²) in [5, 5.41) is 21.5. The highest BCUT2D eigenvalue weighted by Gasteiger charge is 2.28. The molecule has 1 aromatic heterocycles. The van der Waals surface area contributed by atoms with Crippen LogP contribution in [0.1, 0.15) is 27.1 Å². The maximum absolute atomic E-state index is 13.9. The Balaban J connectivity index is 2.01. The maximum atomic E-state index is 13.9. The monoisotopic (exact) mass is 353 g/mol. The number of benzene rings is 2. The molecule has 2 aromatic carbocycles. The number of halogens is 1. The van der Waals surface area contributed by atoms with Crippen LogP contribution < -0.4 is 5.73 Å². The quantitative estimate of drug-likeness (QED) is 0.625. The fourth-order valence-electron chi connectivity index (χ4n) is 3.41. The number of hydrogen-bond donors (Lipinski definition) is 3. The van der Waals surface area contributed by atoms with Gasteiger partial charge in [0.05, 0.1) is 10.6 Å². The van der Waals surface area contributed by atoms with Gasteiger partial charge in [0.1, 0.15) is 5.75 Å². The highest BCUT2D eigenvalue weighted by Crippen LogP contribution is 2.47. The van der Waals surface area contributed by atoms with Crippen molar-refractivity contribution in [2.45, 2.75) is 13.3 Å². The Morgan fingerprint density at radius 3 is 2.60 bits per heavy atom. The summed E-state index contributed by atoms with van der Waals surface area (Å²) in [6.45, 7) is 1.95. The SMILES string of the molecule is Cc1cc(O)cc2c1CC(c1ccc(O)c(F)c1)=C2c1sccc1N. The molecule has 3 aromatic rings. The molecule has 1 aliphatic rings. The number of hydrogen-bond acceptors (Lipinski definition) is 4. The van der Waals surface area contributed by atoms with Crippen molar-refractivity contribution < 1.29 is 14.6 Å². The van der Waals surface area contributed by atoms with Crippen LogP contribution in [0.4, 0.5) is 10.1 Å². The van der Waals surface area contributed by atoms with Gasteiger partial charge in [0.25, 0.3) is 0 Å². The highest BCUT2D eigenvalue weighted by molar-refractivity contribution is 7.12. The third kappa shape index (κ3) is 2.48. The van der Waals surface area contributed by atoms with Crippen molar-refractivity contribution >= 4 is 28.2 Å². The first-order valence-corrected chi connectivity index (χ1v) is 8.72. The van der Waals surface area contributed by atoms with E-state index in [4.69, 9.17) is 5.73 Å². The molecule has 0 spiro atoms. The Morgan fingerprint density at radius 2 is 1.92 bits per heavy atom. The van der Waals surface area contributed by atoms with Crippen molar-refractivity contribution in [1.29, 1.82) is 0 Å². The van der Waals surface area contributed by atoms with Gasteiger partial charge in [-0.05, 0) is 76.9 Å². The largest absolute Gasteiger partial charge is 0.508 e. The van der Waals surface area contributed by atoms with Gasteiger partial charge >= 0.3 is 0 Å². The van der Waals surface area contributed by atoms with E-state index in [1.807, 2.05) is 18.4 Å². The zero-order valence-corrected chi connectivity index (χ0v) is 14.3. The van der Waals surface area contributed by atoms with Crippen molar-refractivity contribution in [3.63, 3.8) is 0 Å². The van der Waals surface area contributed by atoms with E-state index >= 15 is 0 Å². The fraction of sp³-hybridized carbons (Fsp3) is 0.100. The first-order chi connectivity index (χ1) is 12.0. The second-order valence-corrected chi connectivity index (χ2v) is 7.11. The molecule has 1 aliphatic carbocycles. The first kappa shape index (κ1) is 15.7. The second-order valence-electron chi connectivity index (χ2n) is 6.19. The lowest BCUT2D eigenvalue weighted by Gasteiger charge is -2.10. The maximum Gasteiger partial charge on any atom is 0.165 e. The van der Waals surface area contributed by atoms with Gasteiger partial charge in [0.2, 0.25) is 0 Å². The number of aromatic hydroxyl groups is 2. The van der Waals surface area contributed by atoms with Gasteiger partial charge in [0, 0.05) is 5.57 Å². The molecule has 4 rings (SSSR count). The topological polar surface area (TPSA) is 66.5 Å². The van der Waals surface area contributed by atoms with Crippen LogP contribution in [0.15, 0.2) is 41.8 Å². The van der Waals surface area contributed by atoms with Crippen LogP contribution in [0.3, 0.4) is 0 Å². The molecule has 0 unspecified atom stereocenters. The van der Waals surface area contributed by atoms with Crippen LogP contribution in [-0.2, 0) is 6.42 Å². The van der Waals surface area contributed by atoms with Crippen LogP contribution in [0, 0.1) is 12.7 Å². The zero-order valence-electron chi connectivity index (χ0n) is 13.5. The van der Waals surface area contributed by atoms with E-state index in [0.717, 1.165) is 32.7 Å². The molecule has 0 fully saturated rings. The third-order valence-corrected chi connectivity index (χ3v) is 5.55. The molecule has 4 N–H and O–H groups in total. The van der Waals surface area contributed by atoms with Crippen molar-refractivity contribution in [3.05, 3.63) is 74.7 Å².